The highest BCUT2D eigenvalue weighted by molar-refractivity contribution is 5.58. The maximum Gasteiger partial charge on any atom is 0.134 e. The largest absolute Gasteiger partial charge is 0.461 e. The fourth-order valence-corrected chi connectivity index (χ4v) is 2.16. The Balaban J connectivity index is 2.10. The molecule has 1 N–H and O–H groups in total. The molecule has 0 aliphatic rings. The number of likely N-dealkylation sites (N-methyl/N-ethyl adjacent to an activating group) is 1. The van der Waals surface area contributed by atoms with Crippen molar-refractivity contribution in [1.29, 1.82) is 0 Å². The Morgan fingerprint density at radius 3 is 2.78 bits per heavy atom. The van der Waals surface area contributed by atoms with Crippen molar-refractivity contribution in [2.24, 2.45) is 0 Å². The summed E-state index contributed by atoms with van der Waals surface area (Å²) < 4.78 is 5.90. The molecule has 2 heteroatoms. The zero-order valence-corrected chi connectivity index (χ0v) is 11.4. The molecule has 0 aliphatic heterocycles. The van der Waals surface area contributed by atoms with Gasteiger partial charge in [-0.05, 0) is 38.6 Å². The van der Waals surface area contributed by atoms with Crippen LogP contribution in [0.25, 0.3) is 11.3 Å². The third kappa shape index (κ3) is 3.23. The third-order valence-electron chi connectivity index (χ3n) is 3.02. The zero-order chi connectivity index (χ0) is 13.0. The first-order valence-corrected chi connectivity index (χ1v) is 6.58. The predicted molar refractivity (Wildman–Crippen MR) is 75.7 cm³/mol. The van der Waals surface area contributed by atoms with Crippen molar-refractivity contribution < 1.29 is 4.42 Å². The summed E-state index contributed by atoms with van der Waals surface area (Å²) in [5, 5.41) is 3.39. The van der Waals surface area contributed by atoms with Gasteiger partial charge in [-0.3, -0.25) is 0 Å². The summed E-state index contributed by atoms with van der Waals surface area (Å²) in [5.74, 6) is 2.00. The van der Waals surface area contributed by atoms with Gasteiger partial charge in [-0.15, -0.1) is 0 Å². The summed E-state index contributed by atoms with van der Waals surface area (Å²) in [5.41, 5.74) is 2.41. The van der Waals surface area contributed by atoms with E-state index in [0.29, 0.717) is 6.04 Å². The second-order valence-electron chi connectivity index (χ2n) is 4.80. The second-order valence-corrected chi connectivity index (χ2v) is 4.80. The summed E-state index contributed by atoms with van der Waals surface area (Å²) >= 11 is 0. The lowest BCUT2D eigenvalue weighted by Gasteiger charge is -2.09. The van der Waals surface area contributed by atoms with Gasteiger partial charge in [0.25, 0.3) is 0 Å². The molecule has 2 rings (SSSR count). The fourth-order valence-electron chi connectivity index (χ4n) is 2.16. The molecule has 2 nitrogen and oxygen atoms in total. The number of benzene rings is 1. The Labute approximate surface area is 109 Å². The van der Waals surface area contributed by atoms with E-state index in [1.54, 1.807) is 0 Å². The van der Waals surface area contributed by atoms with Gasteiger partial charge in [-0.1, -0.05) is 30.7 Å². The quantitative estimate of drug-likeness (QED) is 0.864. The van der Waals surface area contributed by atoms with Gasteiger partial charge in [-0.25, -0.2) is 0 Å². The first-order chi connectivity index (χ1) is 8.69. The van der Waals surface area contributed by atoms with Gasteiger partial charge < -0.3 is 9.73 Å². The molecule has 0 amide bonds. The van der Waals surface area contributed by atoms with Crippen molar-refractivity contribution >= 4 is 0 Å². The van der Waals surface area contributed by atoms with Crippen molar-refractivity contribution in [1.82, 2.24) is 5.32 Å². The molecule has 0 fully saturated rings. The maximum atomic E-state index is 5.90. The standard InChI is InChI=1S/C16H21NO/c1-4-17-13(3)11-15-8-9-16(18-15)14-7-5-6-12(2)10-14/h5-10,13,17H,4,11H2,1-3H3. The molecule has 0 bridgehead atoms. The molecule has 1 atom stereocenters. The lowest BCUT2D eigenvalue weighted by Crippen LogP contribution is -2.27. The first kappa shape index (κ1) is 12.9. The Kier molecular flexibility index (Phi) is 4.21. The Morgan fingerprint density at radius 2 is 2.06 bits per heavy atom. The molecule has 18 heavy (non-hydrogen) atoms. The van der Waals surface area contributed by atoms with Gasteiger partial charge in [0.2, 0.25) is 0 Å². The van der Waals surface area contributed by atoms with Crippen molar-refractivity contribution in [2.45, 2.75) is 33.2 Å². The average molecular weight is 243 g/mol. The van der Waals surface area contributed by atoms with Crippen LogP contribution in [0, 0.1) is 6.92 Å². The molecule has 0 saturated carbocycles. The summed E-state index contributed by atoms with van der Waals surface area (Å²) in [7, 11) is 0. The van der Waals surface area contributed by atoms with Crippen LogP contribution < -0.4 is 5.32 Å². The summed E-state index contributed by atoms with van der Waals surface area (Å²) in [6.45, 7) is 7.39. The molecular formula is C16H21NO. The number of aryl methyl sites for hydroxylation is 1. The van der Waals surface area contributed by atoms with E-state index in [0.717, 1.165) is 30.0 Å². The van der Waals surface area contributed by atoms with E-state index in [-0.39, 0.29) is 0 Å². The predicted octanol–water partition coefficient (Wildman–Crippen LogP) is 3.80. The normalized spacial score (nSPS) is 12.6. The number of hydrogen-bond acceptors (Lipinski definition) is 2. The summed E-state index contributed by atoms with van der Waals surface area (Å²) in [4.78, 5) is 0. The van der Waals surface area contributed by atoms with Crippen LogP contribution in [0.5, 0.6) is 0 Å². The minimum Gasteiger partial charge on any atom is -0.461 e. The molecule has 1 aromatic heterocycles. The molecular weight excluding hydrogens is 222 g/mol. The minimum atomic E-state index is 0.450. The Morgan fingerprint density at radius 1 is 1.22 bits per heavy atom. The second kappa shape index (κ2) is 5.87. The summed E-state index contributed by atoms with van der Waals surface area (Å²) in [6, 6.07) is 13.0. The maximum absolute atomic E-state index is 5.90. The topological polar surface area (TPSA) is 25.2 Å². The third-order valence-corrected chi connectivity index (χ3v) is 3.02. The van der Waals surface area contributed by atoms with Crippen LogP contribution in [0.3, 0.4) is 0 Å². The summed E-state index contributed by atoms with van der Waals surface area (Å²) in [6.07, 6.45) is 0.930. The molecule has 1 unspecified atom stereocenters. The first-order valence-electron chi connectivity index (χ1n) is 6.58. The Bertz CT molecular complexity index is 501. The highest BCUT2D eigenvalue weighted by Crippen LogP contribution is 2.23. The highest BCUT2D eigenvalue weighted by Gasteiger charge is 2.08. The van der Waals surface area contributed by atoms with E-state index in [2.05, 4.69) is 62.5 Å². The van der Waals surface area contributed by atoms with Gasteiger partial charge in [0.15, 0.2) is 0 Å². The molecule has 1 aromatic carbocycles. The average Bonchev–Trinajstić information content (AvgIpc) is 2.78. The molecule has 0 saturated heterocycles. The van der Waals surface area contributed by atoms with Crippen molar-refractivity contribution in [3.8, 4) is 11.3 Å². The SMILES string of the molecule is CCNC(C)Cc1ccc(-c2cccc(C)c2)o1. The smallest absolute Gasteiger partial charge is 0.134 e. The van der Waals surface area contributed by atoms with Crippen LogP contribution in [0.1, 0.15) is 25.2 Å². The molecule has 1 heterocycles. The highest BCUT2D eigenvalue weighted by atomic mass is 16.3. The van der Waals surface area contributed by atoms with Crippen molar-refractivity contribution in [2.75, 3.05) is 6.54 Å². The molecule has 0 spiro atoms. The molecule has 0 radical (unpaired) electrons. The fraction of sp³-hybridized carbons (Fsp3) is 0.375. The van der Waals surface area contributed by atoms with Crippen LogP contribution in [0.4, 0.5) is 0 Å². The van der Waals surface area contributed by atoms with Gasteiger partial charge in [0.1, 0.15) is 11.5 Å². The van der Waals surface area contributed by atoms with Gasteiger partial charge in [-0.2, -0.15) is 0 Å². The van der Waals surface area contributed by atoms with E-state index >= 15 is 0 Å². The van der Waals surface area contributed by atoms with E-state index < -0.39 is 0 Å². The molecule has 0 aliphatic carbocycles. The van der Waals surface area contributed by atoms with E-state index in [1.807, 2.05) is 0 Å². The van der Waals surface area contributed by atoms with Crippen LogP contribution in [-0.2, 0) is 6.42 Å². The number of nitrogens with one attached hydrogen (secondary N) is 1. The van der Waals surface area contributed by atoms with Crippen LogP contribution >= 0.6 is 0 Å². The van der Waals surface area contributed by atoms with E-state index in [4.69, 9.17) is 4.42 Å². The Hall–Kier alpha value is -1.54. The van der Waals surface area contributed by atoms with Crippen LogP contribution in [-0.4, -0.2) is 12.6 Å². The van der Waals surface area contributed by atoms with Crippen LogP contribution in [0.15, 0.2) is 40.8 Å². The van der Waals surface area contributed by atoms with Crippen LogP contribution in [0.2, 0.25) is 0 Å². The minimum absolute atomic E-state index is 0.450. The number of hydrogen-bond donors (Lipinski definition) is 1. The van der Waals surface area contributed by atoms with Gasteiger partial charge in [0, 0.05) is 18.0 Å². The van der Waals surface area contributed by atoms with E-state index in [9.17, 15) is 0 Å². The zero-order valence-electron chi connectivity index (χ0n) is 11.4. The number of rotatable bonds is 5. The molecule has 2 aromatic rings. The number of furan rings is 1. The lowest BCUT2D eigenvalue weighted by molar-refractivity contribution is 0.470. The van der Waals surface area contributed by atoms with Crippen molar-refractivity contribution in [3.05, 3.63) is 47.7 Å². The monoisotopic (exact) mass is 243 g/mol. The van der Waals surface area contributed by atoms with Crippen molar-refractivity contribution in [3.63, 3.8) is 0 Å². The lowest BCUT2D eigenvalue weighted by atomic mass is 10.1. The van der Waals surface area contributed by atoms with E-state index in [1.165, 1.54) is 5.56 Å². The van der Waals surface area contributed by atoms with Gasteiger partial charge in [0.05, 0.1) is 0 Å². The van der Waals surface area contributed by atoms with Gasteiger partial charge >= 0.3 is 0 Å². The molecule has 96 valence electrons.